The number of carbonyl (C=O) groups is 2. The van der Waals surface area contributed by atoms with E-state index < -0.39 is 0 Å². The smallest absolute Gasteiger partial charge is 0.315 e. The van der Waals surface area contributed by atoms with Crippen molar-refractivity contribution >= 4 is 23.5 Å². The first kappa shape index (κ1) is 19.5. The molecule has 2 saturated carbocycles. The molecule has 3 fully saturated rings. The molecule has 1 unspecified atom stereocenters. The summed E-state index contributed by atoms with van der Waals surface area (Å²) in [7, 11) is 1.91. The number of hydrogen-bond donors (Lipinski definition) is 2. The highest BCUT2D eigenvalue weighted by molar-refractivity contribution is 6.30. The Kier molecular flexibility index (Phi) is 5.52. The van der Waals surface area contributed by atoms with E-state index in [9.17, 15) is 9.59 Å². The molecule has 0 radical (unpaired) electrons. The molecule has 2 N–H and O–H groups in total. The molecule has 0 aromatic heterocycles. The van der Waals surface area contributed by atoms with Crippen molar-refractivity contribution in [1.82, 2.24) is 15.5 Å². The van der Waals surface area contributed by atoms with Crippen LogP contribution in [0, 0.1) is 11.3 Å². The molecular formula is C21H28ClN3O3. The topological polar surface area (TPSA) is 70.7 Å². The van der Waals surface area contributed by atoms with Gasteiger partial charge < -0.3 is 20.3 Å². The molecule has 6 nitrogen and oxygen atoms in total. The molecule has 7 heteroatoms. The maximum Gasteiger partial charge on any atom is 0.315 e. The van der Waals surface area contributed by atoms with Crippen LogP contribution in [-0.2, 0) is 16.1 Å². The first-order valence-corrected chi connectivity index (χ1v) is 10.5. The molecule has 4 rings (SSSR count). The minimum atomic E-state index is -0.136. The zero-order chi connectivity index (χ0) is 19.7. The largest absolute Gasteiger partial charge is 0.379 e. The predicted octanol–water partition coefficient (Wildman–Crippen LogP) is 2.95. The average molecular weight is 406 g/mol. The molecule has 1 spiro atoms. The van der Waals surface area contributed by atoms with E-state index in [4.69, 9.17) is 16.3 Å². The van der Waals surface area contributed by atoms with Crippen LogP contribution in [0.3, 0.4) is 0 Å². The molecule has 1 aliphatic heterocycles. The lowest BCUT2D eigenvalue weighted by atomic mass is 9.50. The van der Waals surface area contributed by atoms with Gasteiger partial charge in [0.15, 0.2) is 0 Å². The monoisotopic (exact) mass is 405 g/mol. The number of ether oxygens (including phenoxy) is 1. The lowest BCUT2D eigenvalue weighted by Gasteiger charge is -2.57. The quantitative estimate of drug-likeness (QED) is 0.791. The number of amides is 3. The van der Waals surface area contributed by atoms with Gasteiger partial charge in [0.2, 0.25) is 5.91 Å². The normalized spacial score (nSPS) is 31.0. The SMILES string of the molecule is CN(C(=O)C1CC2(CC(NC(=O)NCc3ccc(Cl)cc3)C2)C1)C1CCOC1. The highest BCUT2D eigenvalue weighted by atomic mass is 35.5. The van der Waals surface area contributed by atoms with Gasteiger partial charge in [-0.3, -0.25) is 4.79 Å². The van der Waals surface area contributed by atoms with Crippen LogP contribution in [0.25, 0.3) is 0 Å². The first-order valence-electron chi connectivity index (χ1n) is 10.1. The molecule has 152 valence electrons. The van der Waals surface area contributed by atoms with Crippen molar-refractivity contribution in [2.45, 2.75) is 50.7 Å². The molecule has 3 amide bonds. The Hall–Kier alpha value is -1.79. The Morgan fingerprint density at radius 2 is 1.93 bits per heavy atom. The van der Waals surface area contributed by atoms with Crippen molar-refractivity contribution in [3.05, 3.63) is 34.9 Å². The molecule has 0 bridgehead atoms. The third-order valence-corrected chi connectivity index (χ3v) is 6.82. The van der Waals surface area contributed by atoms with E-state index >= 15 is 0 Å². The van der Waals surface area contributed by atoms with E-state index in [1.807, 2.05) is 36.2 Å². The van der Waals surface area contributed by atoms with Gasteiger partial charge in [-0.25, -0.2) is 4.79 Å². The second-order valence-corrected chi connectivity index (χ2v) is 9.07. The third-order valence-electron chi connectivity index (χ3n) is 6.57. The zero-order valence-electron chi connectivity index (χ0n) is 16.2. The van der Waals surface area contributed by atoms with Gasteiger partial charge in [0.1, 0.15) is 0 Å². The third kappa shape index (κ3) is 4.13. The lowest BCUT2D eigenvalue weighted by Crippen LogP contribution is -2.59. The van der Waals surface area contributed by atoms with Crippen molar-refractivity contribution < 1.29 is 14.3 Å². The van der Waals surface area contributed by atoms with Crippen LogP contribution in [0.15, 0.2) is 24.3 Å². The van der Waals surface area contributed by atoms with E-state index in [-0.39, 0.29) is 35.4 Å². The number of rotatable bonds is 5. The molecule has 1 heterocycles. The molecule has 1 aromatic carbocycles. The fourth-order valence-electron chi connectivity index (χ4n) is 4.90. The standard InChI is InChI=1S/C21H28ClN3O3/c1-25(18-6-7-28-13-18)19(26)15-8-21(9-15)10-17(11-21)24-20(27)23-12-14-2-4-16(22)5-3-14/h2-5,15,17-18H,6-13H2,1H3,(H2,23,24,27). The minimum Gasteiger partial charge on any atom is -0.379 e. The van der Waals surface area contributed by atoms with Crippen molar-refractivity contribution in [2.75, 3.05) is 20.3 Å². The Balaban J connectivity index is 1.15. The Morgan fingerprint density at radius 1 is 1.21 bits per heavy atom. The van der Waals surface area contributed by atoms with Crippen LogP contribution >= 0.6 is 11.6 Å². The second-order valence-electron chi connectivity index (χ2n) is 8.63. The number of carbonyl (C=O) groups excluding carboxylic acids is 2. The number of likely N-dealkylation sites (N-methyl/N-ethyl adjacent to an activating group) is 1. The van der Waals surface area contributed by atoms with Gasteiger partial charge >= 0.3 is 6.03 Å². The van der Waals surface area contributed by atoms with Crippen LogP contribution in [-0.4, -0.2) is 49.2 Å². The van der Waals surface area contributed by atoms with Crippen LogP contribution in [0.1, 0.15) is 37.7 Å². The van der Waals surface area contributed by atoms with Gasteiger partial charge in [-0.1, -0.05) is 23.7 Å². The fourth-order valence-corrected chi connectivity index (χ4v) is 5.02. The minimum absolute atomic E-state index is 0.136. The summed E-state index contributed by atoms with van der Waals surface area (Å²) in [5.74, 6) is 0.406. The summed E-state index contributed by atoms with van der Waals surface area (Å²) in [6.45, 7) is 1.90. The van der Waals surface area contributed by atoms with Crippen LogP contribution in [0.4, 0.5) is 4.79 Å². The van der Waals surface area contributed by atoms with Crippen LogP contribution < -0.4 is 10.6 Å². The van der Waals surface area contributed by atoms with Gasteiger partial charge in [0, 0.05) is 37.2 Å². The van der Waals surface area contributed by atoms with Gasteiger partial charge in [0.05, 0.1) is 12.6 Å². The Labute approximate surface area is 170 Å². The van der Waals surface area contributed by atoms with Crippen molar-refractivity contribution in [3.63, 3.8) is 0 Å². The summed E-state index contributed by atoms with van der Waals surface area (Å²) in [5, 5.41) is 6.62. The number of hydrogen-bond acceptors (Lipinski definition) is 3. The predicted molar refractivity (Wildman–Crippen MR) is 107 cm³/mol. The fraction of sp³-hybridized carbons (Fsp3) is 0.619. The summed E-state index contributed by atoms with van der Waals surface area (Å²) < 4.78 is 5.39. The molecular weight excluding hydrogens is 378 g/mol. The highest BCUT2D eigenvalue weighted by Crippen LogP contribution is 2.59. The highest BCUT2D eigenvalue weighted by Gasteiger charge is 2.55. The number of urea groups is 1. The maximum absolute atomic E-state index is 12.6. The van der Waals surface area contributed by atoms with Gasteiger partial charge in [-0.15, -0.1) is 0 Å². The lowest BCUT2D eigenvalue weighted by molar-refractivity contribution is -0.150. The summed E-state index contributed by atoms with van der Waals surface area (Å²) in [5.41, 5.74) is 1.28. The number of benzene rings is 1. The summed E-state index contributed by atoms with van der Waals surface area (Å²) in [4.78, 5) is 26.6. The molecule has 3 aliphatic rings. The van der Waals surface area contributed by atoms with E-state index in [1.54, 1.807) is 0 Å². The average Bonchev–Trinajstić information content (AvgIpc) is 3.15. The molecule has 2 aliphatic carbocycles. The van der Waals surface area contributed by atoms with Gasteiger partial charge in [-0.2, -0.15) is 0 Å². The van der Waals surface area contributed by atoms with Gasteiger partial charge in [-0.05, 0) is 55.2 Å². The van der Waals surface area contributed by atoms with E-state index in [0.717, 1.165) is 44.3 Å². The first-order chi connectivity index (χ1) is 13.4. The Bertz CT molecular complexity index is 719. The molecule has 28 heavy (non-hydrogen) atoms. The second kappa shape index (κ2) is 7.91. The van der Waals surface area contributed by atoms with E-state index in [1.165, 1.54) is 0 Å². The van der Waals surface area contributed by atoms with Crippen LogP contribution in [0.2, 0.25) is 5.02 Å². The zero-order valence-corrected chi connectivity index (χ0v) is 17.0. The number of nitrogens with zero attached hydrogens (tertiary/aromatic N) is 1. The summed E-state index contributed by atoms with van der Waals surface area (Å²) in [6.07, 6.45) is 4.79. The van der Waals surface area contributed by atoms with E-state index in [0.29, 0.717) is 18.2 Å². The summed E-state index contributed by atoms with van der Waals surface area (Å²) >= 11 is 5.87. The molecule has 1 atom stereocenters. The summed E-state index contributed by atoms with van der Waals surface area (Å²) in [6, 6.07) is 7.76. The number of nitrogens with one attached hydrogen (secondary N) is 2. The maximum atomic E-state index is 12.6. The number of halogens is 1. The van der Waals surface area contributed by atoms with E-state index in [2.05, 4.69) is 10.6 Å². The van der Waals surface area contributed by atoms with Crippen molar-refractivity contribution in [1.29, 1.82) is 0 Å². The molecule has 1 aromatic rings. The van der Waals surface area contributed by atoms with Gasteiger partial charge in [0.25, 0.3) is 0 Å². The van der Waals surface area contributed by atoms with Crippen molar-refractivity contribution in [3.8, 4) is 0 Å². The van der Waals surface area contributed by atoms with Crippen molar-refractivity contribution in [2.24, 2.45) is 11.3 Å². The molecule has 1 saturated heterocycles. The Morgan fingerprint density at radius 3 is 2.57 bits per heavy atom. The van der Waals surface area contributed by atoms with Crippen LogP contribution in [0.5, 0.6) is 0 Å².